The third kappa shape index (κ3) is 2.72. The Bertz CT molecular complexity index is 407. The summed E-state index contributed by atoms with van der Waals surface area (Å²) in [5.74, 6) is 0. The fourth-order valence-electron chi connectivity index (χ4n) is 3.10. The van der Waals surface area contributed by atoms with E-state index in [2.05, 4.69) is 43.9 Å². The quantitative estimate of drug-likeness (QED) is 0.841. The summed E-state index contributed by atoms with van der Waals surface area (Å²) in [7, 11) is 0. The fourth-order valence-corrected chi connectivity index (χ4v) is 3.45. The van der Waals surface area contributed by atoms with Gasteiger partial charge in [-0.15, -0.1) is 0 Å². The average molecular weight is 309 g/mol. The lowest BCUT2D eigenvalue weighted by Gasteiger charge is -2.24. The van der Waals surface area contributed by atoms with Gasteiger partial charge in [0.2, 0.25) is 0 Å². The number of rotatable bonds is 3. The standard InChI is InChI=1S/C15H21BrN2/c16-14-6-5-13(12-17-7-1-2-8-17)15(11-14)18-9-3-4-10-18/h5-6,11H,1-4,7-10,12H2. The van der Waals surface area contributed by atoms with Crippen molar-refractivity contribution in [1.82, 2.24) is 4.90 Å². The van der Waals surface area contributed by atoms with Crippen LogP contribution in [0, 0.1) is 0 Å². The van der Waals surface area contributed by atoms with Crippen molar-refractivity contribution in [2.75, 3.05) is 31.1 Å². The minimum absolute atomic E-state index is 1.12. The molecule has 2 saturated heterocycles. The van der Waals surface area contributed by atoms with Gasteiger partial charge in [0.05, 0.1) is 0 Å². The molecule has 2 nitrogen and oxygen atoms in total. The lowest BCUT2D eigenvalue weighted by Crippen LogP contribution is -2.23. The summed E-state index contributed by atoms with van der Waals surface area (Å²) < 4.78 is 1.20. The minimum atomic E-state index is 1.12. The lowest BCUT2D eigenvalue weighted by molar-refractivity contribution is 0.331. The summed E-state index contributed by atoms with van der Waals surface area (Å²) in [6, 6.07) is 6.79. The number of halogens is 1. The Morgan fingerprint density at radius 2 is 1.61 bits per heavy atom. The smallest absolute Gasteiger partial charge is 0.0423 e. The zero-order valence-corrected chi connectivity index (χ0v) is 12.5. The molecule has 0 aliphatic carbocycles. The summed E-state index contributed by atoms with van der Waals surface area (Å²) >= 11 is 3.62. The second kappa shape index (κ2) is 5.62. The molecule has 0 amide bonds. The van der Waals surface area contributed by atoms with Crippen LogP contribution in [0.3, 0.4) is 0 Å². The van der Waals surface area contributed by atoms with Gasteiger partial charge in [0.15, 0.2) is 0 Å². The topological polar surface area (TPSA) is 6.48 Å². The van der Waals surface area contributed by atoms with Gasteiger partial charge in [-0.3, -0.25) is 4.90 Å². The Hall–Kier alpha value is -0.540. The van der Waals surface area contributed by atoms with Crippen molar-refractivity contribution in [3.63, 3.8) is 0 Å². The second-order valence-corrected chi connectivity index (χ2v) is 6.37. The molecule has 2 heterocycles. The predicted octanol–water partition coefficient (Wildman–Crippen LogP) is 3.65. The van der Waals surface area contributed by atoms with Gasteiger partial charge in [-0.2, -0.15) is 0 Å². The molecule has 0 unspecified atom stereocenters. The monoisotopic (exact) mass is 308 g/mol. The molecule has 0 N–H and O–H groups in total. The number of anilines is 1. The van der Waals surface area contributed by atoms with Gasteiger partial charge >= 0.3 is 0 Å². The van der Waals surface area contributed by atoms with Crippen molar-refractivity contribution < 1.29 is 0 Å². The largest absolute Gasteiger partial charge is 0.371 e. The Morgan fingerprint density at radius 3 is 2.33 bits per heavy atom. The Labute approximate surface area is 118 Å². The highest BCUT2D eigenvalue weighted by Gasteiger charge is 2.19. The van der Waals surface area contributed by atoms with Crippen molar-refractivity contribution in [2.45, 2.75) is 32.2 Å². The first-order chi connectivity index (χ1) is 8.83. The number of hydrogen-bond donors (Lipinski definition) is 0. The highest BCUT2D eigenvalue weighted by Crippen LogP contribution is 2.29. The number of benzene rings is 1. The van der Waals surface area contributed by atoms with Crippen LogP contribution >= 0.6 is 15.9 Å². The van der Waals surface area contributed by atoms with Gasteiger partial charge in [-0.25, -0.2) is 0 Å². The molecule has 98 valence electrons. The molecule has 0 atom stereocenters. The maximum Gasteiger partial charge on any atom is 0.0423 e. The van der Waals surface area contributed by atoms with Gasteiger partial charge in [0.25, 0.3) is 0 Å². The zero-order chi connectivity index (χ0) is 12.4. The van der Waals surface area contributed by atoms with Gasteiger partial charge in [-0.1, -0.05) is 22.0 Å². The predicted molar refractivity (Wildman–Crippen MR) is 80.1 cm³/mol. The zero-order valence-electron chi connectivity index (χ0n) is 10.9. The molecule has 2 fully saturated rings. The van der Waals surface area contributed by atoms with E-state index in [1.54, 1.807) is 0 Å². The van der Waals surface area contributed by atoms with E-state index in [4.69, 9.17) is 0 Å². The van der Waals surface area contributed by atoms with Crippen molar-refractivity contribution in [1.29, 1.82) is 0 Å². The van der Waals surface area contributed by atoms with Gasteiger partial charge < -0.3 is 4.90 Å². The summed E-state index contributed by atoms with van der Waals surface area (Å²) in [5, 5.41) is 0. The molecule has 1 aromatic rings. The molecule has 2 aliphatic rings. The second-order valence-electron chi connectivity index (χ2n) is 5.45. The molecule has 1 aromatic carbocycles. The first-order valence-corrected chi connectivity index (χ1v) is 7.88. The molecule has 0 aromatic heterocycles. The van der Waals surface area contributed by atoms with Crippen molar-refractivity contribution >= 4 is 21.6 Å². The normalized spacial score (nSPS) is 20.8. The first-order valence-electron chi connectivity index (χ1n) is 7.09. The number of likely N-dealkylation sites (tertiary alicyclic amines) is 1. The van der Waals surface area contributed by atoms with Crippen LogP contribution in [-0.4, -0.2) is 31.1 Å². The summed E-state index contributed by atoms with van der Waals surface area (Å²) in [6.45, 7) is 6.12. The molecule has 0 saturated carbocycles. The van der Waals surface area contributed by atoms with E-state index in [9.17, 15) is 0 Å². The van der Waals surface area contributed by atoms with E-state index in [1.807, 2.05) is 0 Å². The van der Waals surface area contributed by atoms with Gasteiger partial charge in [0.1, 0.15) is 0 Å². The molecule has 3 rings (SSSR count). The van der Waals surface area contributed by atoms with Crippen LogP contribution in [0.4, 0.5) is 5.69 Å². The molecule has 0 bridgehead atoms. The average Bonchev–Trinajstić information content (AvgIpc) is 3.04. The lowest BCUT2D eigenvalue weighted by atomic mass is 10.1. The molecule has 0 radical (unpaired) electrons. The van der Waals surface area contributed by atoms with Gasteiger partial charge in [0, 0.05) is 29.8 Å². The number of hydrogen-bond acceptors (Lipinski definition) is 2. The first kappa shape index (κ1) is 12.5. The molecular formula is C15H21BrN2. The molecule has 3 heteroatoms. The van der Waals surface area contributed by atoms with Crippen LogP contribution in [0.5, 0.6) is 0 Å². The van der Waals surface area contributed by atoms with E-state index < -0.39 is 0 Å². The summed E-state index contributed by atoms with van der Waals surface area (Å²) in [4.78, 5) is 5.14. The van der Waals surface area contributed by atoms with Crippen LogP contribution < -0.4 is 4.90 Å². The van der Waals surface area contributed by atoms with Crippen molar-refractivity contribution in [3.8, 4) is 0 Å². The van der Waals surface area contributed by atoms with Crippen LogP contribution in [0.25, 0.3) is 0 Å². The Kier molecular flexibility index (Phi) is 3.90. The summed E-state index contributed by atoms with van der Waals surface area (Å²) in [5.41, 5.74) is 2.95. The third-order valence-corrected chi connectivity index (χ3v) is 4.58. The van der Waals surface area contributed by atoms with E-state index in [0.717, 1.165) is 6.54 Å². The van der Waals surface area contributed by atoms with Crippen molar-refractivity contribution in [3.05, 3.63) is 28.2 Å². The maximum absolute atomic E-state index is 3.62. The van der Waals surface area contributed by atoms with Gasteiger partial charge in [-0.05, 0) is 56.5 Å². The molecule has 0 spiro atoms. The van der Waals surface area contributed by atoms with Crippen molar-refractivity contribution in [2.24, 2.45) is 0 Å². The minimum Gasteiger partial charge on any atom is -0.371 e. The van der Waals surface area contributed by atoms with Crippen LogP contribution in [0.2, 0.25) is 0 Å². The SMILES string of the molecule is Brc1ccc(CN2CCCC2)c(N2CCCC2)c1. The number of nitrogens with zero attached hydrogens (tertiary/aromatic N) is 2. The Morgan fingerprint density at radius 1 is 0.944 bits per heavy atom. The van der Waals surface area contributed by atoms with E-state index in [-0.39, 0.29) is 0 Å². The molecular weight excluding hydrogens is 288 g/mol. The van der Waals surface area contributed by atoms with E-state index in [0.29, 0.717) is 0 Å². The summed E-state index contributed by atoms with van der Waals surface area (Å²) in [6.07, 6.45) is 5.43. The van der Waals surface area contributed by atoms with Crippen LogP contribution in [-0.2, 0) is 6.54 Å². The van der Waals surface area contributed by atoms with Crippen LogP contribution in [0.1, 0.15) is 31.2 Å². The fraction of sp³-hybridized carbons (Fsp3) is 0.600. The highest BCUT2D eigenvalue weighted by atomic mass is 79.9. The maximum atomic E-state index is 3.62. The highest BCUT2D eigenvalue weighted by molar-refractivity contribution is 9.10. The Balaban J connectivity index is 1.82. The van der Waals surface area contributed by atoms with E-state index in [1.165, 1.54) is 67.6 Å². The third-order valence-electron chi connectivity index (χ3n) is 4.09. The molecule has 2 aliphatic heterocycles. The van der Waals surface area contributed by atoms with E-state index >= 15 is 0 Å². The molecule has 18 heavy (non-hydrogen) atoms. The van der Waals surface area contributed by atoms with Crippen LogP contribution in [0.15, 0.2) is 22.7 Å².